The van der Waals surface area contributed by atoms with Gasteiger partial charge in [0.1, 0.15) is 5.54 Å². The minimum Gasteiger partial charge on any atom is -0.468 e. The van der Waals surface area contributed by atoms with Crippen molar-refractivity contribution in [2.24, 2.45) is 5.92 Å². The molecule has 1 saturated carbocycles. The van der Waals surface area contributed by atoms with E-state index >= 15 is 0 Å². The molecule has 0 aromatic heterocycles. The highest BCUT2D eigenvalue weighted by molar-refractivity contribution is 5.81. The third-order valence-corrected chi connectivity index (χ3v) is 5.28. The van der Waals surface area contributed by atoms with Crippen LogP contribution in [0.1, 0.15) is 32.6 Å². The maximum atomic E-state index is 12.0. The van der Waals surface area contributed by atoms with Crippen molar-refractivity contribution < 1.29 is 14.3 Å². The fraction of sp³-hybridized carbons (Fsp3) is 0.933. The summed E-state index contributed by atoms with van der Waals surface area (Å²) >= 11 is 0. The van der Waals surface area contributed by atoms with E-state index in [0.717, 1.165) is 32.4 Å². The van der Waals surface area contributed by atoms with Gasteiger partial charge in [-0.25, -0.2) is 0 Å². The third-order valence-electron chi connectivity index (χ3n) is 5.28. The summed E-state index contributed by atoms with van der Waals surface area (Å²) in [5.41, 5.74) is -0.495. The molecule has 5 nitrogen and oxygen atoms in total. The average Bonchev–Trinajstić information content (AvgIpc) is 2.92. The van der Waals surface area contributed by atoms with Gasteiger partial charge in [-0.15, -0.1) is 0 Å². The van der Waals surface area contributed by atoms with Crippen molar-refractivity contribution in [1.82, 2.24) is 10.2 Å². The Bertz CT molecular complexity index is 350. The van der Waals surface area contributed by atoms with Gasteiger partial charge in [0.05, 0.1) is 13.2 Å². The molecule has 0 radical (unpaired) electrons. The van der Waals surface area contributed by atoms with Gasteiger partial charge in [-0.2, -0.15) is 0 Å². The van der Waals surface area contributed by atoms with Gasteiger partial charge in [0, 0.05) is 19.7 Å². The van der Waals surface area contributed by atoms with E-state index < -0.39 is 5.54 Å². The van der Waals surface area contributed by atoms with Crippen LogP contribution in [0.25, 0.3) is 0 Å². The molecule has 1 N–H and O–H groups in total. The molecule has 1 aliphatic carbocycles. The molecule has 0 aromatic carbocycles. The van der Waals surface area contributed by atoms with Gasteiger partial charge >= 0.3 is 5.97 Å². The maximum Gasteiger partial charge on any atom is 0.326 e. The van der Waals surface area contributed by atoms with Crippen molar-refractivity contribution in [3.63, 3.8) is 0 Å². The number of hydrogen-bond acceptors (Lipinski definition) is 5. The van der Waals surface area contributed by atoms with E-state index in [1.54, 1.807) is 7.11 Å². The number of carbonyl (C=O) groups is 1. The first-order valence-electron chi connectivity index (χ1n) is 7.60. The quantitative estimate of drug-likeness (QED) is 0.781. The molecule has 0 spiro atoms. The van der Waals surface area contributed by atoms with Gasteiger partial charge in [0.15, 0.2) is 0 Å². The first-order valence-corrected chi connectivity index (χ1v) is 7.60. The molecule has 0 aromatic rings. The van der Waals surface area contributed by atoms with Crippen molar-refractivity contribution in [2.75, 3.05) is 34.4 Å². The lowest BCUT2D eigenvalue weighted by atomic mass is 9.93. The van der Waals surface area contributed by atoms with E-state index in [1.807, 2.05) is 7.05 Å². The number of nitrogens with one attached hydrogen (secondary N) is 1. The molecule has 0 amide bonds. The van der Waals surface area contributed by atoms with Crippen molar-refractivity contribution in [2.45, 2.75) is 50.3 Å². The second-order valence-corrected chi connectivity index (χ2v) is 6.26. The number of likely N-dealkylation sites (N-methyl/N-ethyl adjacent to an activating group) is 1. The number of carbonyl (C=O) groups excluding carboxylic acids is 1. The molecule has 2 aliphatic rings. The Hall–Kier alpha value is -0.650. The van der Waals surface area contributed by atoms with E-state index in [-0.39, 0.29) is 5.97 Å². The molecule has 2 fully saturated rings. The largest absolute Gasteiger partial charge is 0.468 e. The molecule has 4 atom stereocenters. The van der Waals surface area contributed by atoms with Gasteiger partial charge in [-0.1, -0.05) is 6.92 Å². The molecule has 0 bridgehead atoms. The molecule has 116 valence electrons. The summed E-state index contributed by atoms with van der Waals surface area (Å²) in [6.45, 7) is 4.34. The van der Waals surface area contributed by atoms with Crippen molar-refractivity contribution in [3.8, 4) is 0 Å². The summed E-state index contributed by atoms with van der Waals surface area (Å²) in [5, 5.41) is 3.20. The van der Waals surface area contributed by atoms with E-state index in [2.05, 4.69) is 17.1 Å². The Morgan fingerprint density at radius 3 is 2.70 bits per heavy atom. The molecule has 1 heterocycles. The van der Waals surface area contributed by atoms with Crippen LogP contribution in [-0.4, -0.2) is 62.9 Å². The summed E-state index contributed by atoms with van der Waals surface area (Å²) in [7, 11) is 5.12. The highest BCUT2D eigenvalue weighted by Gasteiger charge is 2.47. The Morgan fingerprint density at radius 2 is 2.10 bits per heavy atom. The third kappa shape index (κ3) is 2.85. The van der Waals surface area contributed by atoms with E-state index in [4.69, 9.17) is 9.47 Å². The predicted molar refractivity (Wildman–Crippen MR) is 77.6 cm³/mol. The molecule has 1 aliphatic heterocycles. The van der Waals surface area contributed by atoms with Crippen LogP contribution in [0.4, 0.5) is 0 Å². The normalized spacial score (nSPS) is 38.9. The highest BCUT2D eigenvalue weighted by Crippen LogP contribution is 2.35. The monoisotopic (exact) mass is 284 g/mol. The lowest BCUT2D eigenvalue weighted by molar-refractivity contribution is -0.148. The van der Waals surface area contributed by atoms with Gasteiger partial charge in [0.25, 0.3) is 0 Å². The van der Waals surface area contributed by atoms with Crippen LogP contribution >= 0.6 is 0 Å². The second kappa shape index (κ2) is 6.41. The standard InChI is InChI=1S/C15H28N2O3/c1-11-6-8-17(10-13(11)19-3)12-5-7-15(9-12,16-2)14(18)20-4/h11-13,16H,5-10H2,1-4H3. The number of esters is 1. The van der Waals surface area contributed by atoms with Crippen LogP contribution in [0.3, 0.4) is 0 Å². The number of rotatable bonds is 4. The topological polar surface area (TPSA) is 50.8 Å². The zero-order valence-corrected chi connectivity index (χ0v) is 13.1. The zero-order valence-electron chi connectivity index (χ0n) is 13.1. The van der Waals surface area contributed by atoms with Gasteiger partial charge in [-0.05, 0) is 45.2 Å². The van der Waals surface area contributed by atoms with Crippen LogP contribution < -0.4 is 5.32 Å². The second-order valence-electron chi connectivity index (χ2n) is 6.26. The zero-order chi connectivity index (χ0) is 14.8. The van der Waals surface area contributed by atoms with Crippen molar-refractivity contribution in [1.29, 1.82) is 0 Å². The van der Waals surface area contributed by atoms with Crippen LogP contribution in [0.15, 0.2) is 0 Å². The summed E-state index contributed by atoms with van der Waals surface area (Å²) in [5.74, 6) is 0.489. The molecule has 20 heavy (non-hydrogen) atoms. The highest BCUT2D eigenvalue weighted by atomic mass is 16.5. The Balaban J connectivity index is 2.00. The summed E-state index contributed by atoms with van der Waals surface area (Å²) < 4.78 is 10.6. The molecule has 4 unspecified atom stereocenters. The number of nitrogens with zero attached hydrogens (tertiary/aromatic N) is 1. The Morgan fingerprint density at radius 1 is 1.35 bits per heavy atom. The number of ether oxygens (including phenoxy) is 2. The van der Waals surface area contributed by atoms with E-state index in [1.165, 1.54) is 13.5 Å². The summed E-state index contributed by atoms with van der Waals surface area (Å²) in [4.78, 5) is 14.5. The number of piperidine rings is 1. The first kappa shape index (κ1) is 15.7. The van der Waals surface area contributed by atoms with Crippen LogP contribution in [0.2, 0.25) is 0 Å². The predicted octanol–water partition coefficient (Wildman–Crippen LogP) is 1.03. The fourth-order valence-corrected chi connectivity index (χ4v) is 3.74. The lowest BCUT2D eigenvalue weighted by Crippen LogP contribution is -2.52. The van der Waals surface area contributed by atoms with E-state index in [9.17, 15) is 4.79 Å². The Labute approximate surface area is 122 Å². The molecule has 5 heteroatoms. The maximum absolute atomic E-state index is 12.0. The molecule has 1 saturated heterocycles. The summed E-state index contributed by atoms with van der Waals surface area (Å²) in [6.07, 6.45) is 4.21. The van der Waals surface area contributed by atoms with Crippen LogP contribution in [-0.2, 0) is 14.3 Å². The number of hydrogen-bond donors (Lipinski definition) is 1. The minimum absolute atomic E-state index is 0.129. The average molecular weight is 284 g/mol. The van der Waals surface area contributed by atoms with Crippen LogP contribution in [0.5, 0.6) is 0 Å². The van der Waals surface area contributed by atoms with Crippen molar-refractivity contribution in [3.05, 3.63) is 0 Å². The van der Waals surface area contributed by atoms with E-state index in [0.29, 0.717) is 18.1 Å². The van der Waals surface area contributed by atoms with Crippen LogP contribution in [0, 0.1) is 5.92 Å². The molecular formula is C15H28N2O3. The number of methoxy groups -OCH3 is 2. The minimum atomic E-state index is -0.495. The Kier molecular flexibility index (Phi) is 5.04. The van der Waals surface area contributed by atoms with Gasteiger partial charge in [-0.3, -0.25) is 9.69 Å². The lowest BCUT2D eigenvalue weighted by Gasteiger charge is -2.40. The van der Waals surface area contributed by atoms with Gasteiger partial charge in [0.2, 0.25) is 0 Å². The SMILES string of the molecule is CNC1(C(=O)OC)CCC(N2CCC(C)C(OC)C2)C1. The van der Waals surface area contributed by atoms with Crippen molar-refractivity contribution >= 4 is 5.97 Å². The molecule has 2 rings (SSSR count). The van der Waals surface area contributed by atoms with Gasteiger partial charge < -0.3 is 14.8 Å². The first-order chi connectivity index (χ1) is 9.56. The smallest absolute Gasteiger partial charge is 0.326 e. The fourth-order valence-electron chi connectivity index (χ4n) is 3.74. The molecular weight excluding hydrogens is 256 g/mol. The number of likely N-dealkylation sites (tertiary alicyclic amines) is 1. The summed E-state index contributed by atoms with van der Waals surface area (Å²) in [6, 6.07) is 0.451.